The van der Waals surface area contributed by atoms with Gasteiger partial charge in [0.25, 0.3) is 0 Å². The molecule has 184 valence electrons. The van der Waals surface area contributed by atoms with Crippen LogP contribution in [0.25, 0.3) is 0 Å². The summed E-state index contributed by atoms with van der Waals surface area (Å²) >= 11 is 1.59. The van der Waals surface area contributed by atoms with E-state index >= 15 is 0 Å². The van der Waals surface area contributed by atoms with E-state index in [1.807, 2.05) is 41.3 Å². The van der Waals surface area contributed by atoms with Crippen LogP contribution in [0.3, 0.4) is 0 Å². The van der Waals surface area contributed by atoms with E-state index in [9.17, 15) is 9.59 Å². The van der Waals surface area contributed by atoms with Crippen molar-refractivity contribution in [2.24, 2.45) is 0 Å². The average molecular weight is 483 g/mol. The van der Waals surface area contributed by atoms with Gasteiger partial charge in [-0.1, -0.05) is 75.8 Å². The van der Waals surface area contributed by atoms with Gasteiger partial charge in [-0.2, -0.15) is 0 Å². The van der Waals surface area contributed by atoms with Crippen LogP contribution in [0.5, 0.6) is 5.75 Å². The summed E-state index contributed by atoms with van der Waals surface area (Å²) < 4.78 is 5.22. The van der Waals surface area contributed by atoms with Crippen LogP contribution in [-0.4, -0.2) is 24.6 Å². The van der Waals surface area contributed by atoms with Crippen LogP contribution < -0.4 is 15.0 Å². The van der Waals surface area contributed by atoms with Gasteiger partial charge in [-0.05, 0) is 55.7 Å². The minimum absolute atomic E-state index is 0.0152. The molecule has 1 aliphatic carbocycles. The van der Waals surface area contributed by atoms with Gasteiger partial charge in [0.05, 0.1) is 0 Å². The van der Waals surface area contributed by atoms with Crippen LogP contribution in [0.1, 0.15) is 78.1 Å². The first-order chi connectivity index (χ1) is 16.5. The number of nitrogens with one attached hydrogen (secondary N) is 1. The first-order valence-electron chi connectivity index (χ1n) is 12.7. The van der Waals surface area contributed by atoms with Crippen molar-refractivity contribution in [1.29, 1.82) is 0 Å². The molecule has 0 bridgehead atoms. The Morgan fingerprint density at radius 3 is 2.41 bits per heavy atom. The number of esters is 1. The van der Waals surface area contributed by atoms with Crippen molar-refractivity contribution in [3.63, 3.8) is 0 Å². The zero-order valence-electron chi connectivity index (χ0n) is 20.6. The van der Waals surface area contributed by atoms with E-state index in [1.165, 1.54) is 45.4 Å². The number of benzene rings is 2. The molecule has 0 aromatic heterocycles. The van der Waals surface area contributed by atoms with Gasteiger partial charge in [0.15, 0.2) is 0 Å². The molecule has 2 aromatic carbocycles. The number of carbonyl (C=O) groups excluding carboxylic acids is 2. The third kappa shape index (κ3) is 8.71. The van der Waals surface area contributed by atoms with Crippen molar-refractivity contribution < 1.29 is 14.3 Å². The summed E-state index contributed by atoms with van der Waals surface area (Å²) in [7, 11) is 0. The lowest BCUT2D eigenvalue weighted by Crippen LogP contribution is -2.46. The van der Waals surface area contributed by atoms with Crippen LogP contribution in [0.15, 0.2) is 58.3 Å². The van der Waals surface area contributed by atoms with Crippen molar-refractivity contribution in [1.82, 2.24) is 5.32 Å². The molecule has 1 aliphatic rings. The van der Waals surface area contributed by atoms with Crippen molar-refractivity contribution in [3.8, 4) is 5.75 Å². The molecule has 2 aromatic rings. The van der Waals surface area contributed by atoms with E-state index in [1.54, 1.807) is 17.8 Å². The molecule has 0 saturated heterocycles. The molecule has 6 heteroatoms. The fourth-order valence-corrected chi connectivity index (χ4v) is 5.26. The van der Waals surface area contributed by atoms with Gasteiger partial charge in [-0.25, -0.2) is 4.79 Å². The number of nitrogens with zero attached hydrogens (tertiary/aromatic N) is 1. The largest absolute Gasteiger partial charge is 0.427 e. The Morgan fingerprint density at radius 2 is 1.68 bits per heavy atom. The predicted molar refractivity (Wildman–Crippen MR) is 140 cm³/mol. The number of hydrogen-bond acceptors (Lipinski definition) is 4. The zero-order chi connectivity index (χ0) is 24.2. The number of rotatable bonds is 11. The van der Waals surface area contributed by atoms with Crippen molar-refractivity contribution in [2.45, 2.75) is 93.9 Å². The minimum Gasteiger partial charge on any atom is -0.427 e. The van der Waals surface area contributed by atoms with E-state index in [0.717, 1.165) is 47.7 Å². The first kappa shape index (κ1) is 26.1. The van der Waals surface area contributed by atoms with E-state index in [-0.39, 0.29) is 18.0 Å². The van der Waals surface area contributed by atoms with Crippen LogP contribution in [0.2, 0.25) is 0 Å². The van der Waals surface area contributed by atoms with Gasteiger partial charge in [0.1, 0.15) is 5.75 Å². The highest BCUT2D eigenvalue weighted by Crippen LogP contribution is 2.32. The highest BCUT2D eigenvalue weighted by atomic mass is 32.2. The Kier molecular flexibility index (Phi) is 10.8. The molecular weight excluding hydrogens is 444 g/mol. The molecule has 3 rings (SSSR count). The lowest BCUT2D eigenvalue weighted by Gasteiger charge is -2.29. The summed E-state index contributed by atoms with van der Waals surface area (Å²) in [6.07, 6.45) is 11.6. The number of urea groups is 1. The fourth-order valence-electron chi connectivity index (χ4n) is 4.34. The average Bonchev–Trinajstić information content (AvgIpc) is 2.82. The molecular formula is C28H38N2O3S. The number of ether oxygens (including phenoxy) is 1. The Hall–Kier alpha value is -2.47. The summed E-state index contributed by atoms with van der Waals surface area (Å²) in [4.78, 5) is 28.5. The summed E-state index contributed by atoms with van der Waals surface area (Å²) in [5.41, 5.74) is 0.921. The monoisotopic (exact) mass is 482 g/mol. The molecule has 5 nitrogen and oxygen atoms in total. The standard InChI is InChI=1S/C28H38N2O3S/c1-3-4-5-6-10-19-30(28(32)29-23-13-8-7-9-14-23)24-15-11-17-26(20-24)34-27-18-12-16-25(21-27)33-22(2)31/h11-12,15-18,20-21,23H,3-10,13-14,19H2,1-2H3,(H,29,32). The van der Waals surface area contributed by atoms with Gasteiger partial charge in [0, 0.05) is 35.0 Å². The van der Waals surface area contributed by atoms with Crippen molar-refractivity contribution in [3.05, 3.63) is 48.5 Å². The van der Waals surface area contributed by atoms with Crippen LogP contribution in [-0.2, 0) is 4.79 Å². The molecule has 0 spiro atoms. The Balaban J connectivity index is 1.72. The highest BCUT2D eigenvalue weighted by molar-refractivity contribution is 7.99. The second-order valence-corrected chi connectivity index (χ2v) is 10.2. The number of hydrogen-bond donors (Lipinski definition) is 1. The topological polar surface area (TPSA) is 58.6 Å². The lowest BCUT2D eigenvalue weighted by atomic mass is 9.96. The molecule has 34 heavy (non-hydrogen) atoms. The SMILES string of the molecule is CCCCCCCN(C(=O)NC1CCCCC1)c1cccc(Sc2cccc(OC(C)=O)c2)c1. The predicted octanol–water partition coefficient (Wildman–Crippen LogP) is 7.58. The number of carbonyl (C=O) groups is 2. The van der Waals surface area contributed by atoms with Crippen LogP contribution in [0.4, 0.5) is 10.5 Å². The van der Waals surface area contributed by atoms with E-state index in [0.29, 0.717) is 5.75 Å². The zero-order valence-corrected chi connectivity index (χ0v) is 21.4. The summed E-state index contributed by atoms with van der Waals surface area (Å²) in [5, 5.41) is 3.30. The molecule has 0 aliphatic heterocycles. The number of amides is 2. The molecule has 0 radical (unpaired) electrons. The summed E-state index contributed by atoms with van der Waals surface area (Å²) in [6, 6.07) is 16.0. The third-order valence-electron chi connectivity index (χ3n) is 6.10. The molecule has 1 fully saturated rings. The Labute approximate surface area is 208 Å². The van der Waals surface area contributed by atoms with Crippen molar-refractivity contribution >= 4 is 29.4 Å². The van der Waals surface area contributed by atoms with Crippen LogP contribution >= 0.6 is 11.8 Å². The second-order valence-electron chi connectivity index (χ2n) is 9.02. The number of unbranched alkanes of at least 4 members (excludes halogenated alkanes) is 4. The molecule has 1 N–H and O–H groups in total. The van der Waals surface area contributed by atoms with Crippen LogP contribution in [0, 0.1) is 0 Å². The van der Waals surface area contributed by atoms with Crippen molar-refractivity contribution in [2.75, 3.05) is 11.4 Å². The third-order valence-corrected chi connectivity index (χ3v) is 7.07. The summed E-state index contributed by atoms with van der Waals surface area (Å²) in [6.45, 7) is 4.34. The van der Waals surface area contributed by atoms with Gasteiger partial charge in [-0.15, -0.1) is 0 Å². The van der Waals surface area contributed by atoms with Gasteiger partial charge >= 0.3 is 12.0 Å². The Bertz CT molecular complexity index is 927. The normalized spacial score (nSPS) is 13.9. The minimum atomic E-state index is -0.331. The first-order valence-corrected chi connectivity index (χ1v) is 13.5. The number of anilines is 1. The summed E-state index contributed by atoms with van der Waals surface area (Å²) in [5.74, 6) is 0.205. The Morgan fingerprint density at radius 1 is 0.971 bits per heavy atom. The lowest BCUT2D eigenvalue weighted by molar-refractivity contribution is -0.131. The van der Waals surface area contributed by atoms with E-state index in [4.69, 9.17) is 4.74 Å². The second kappa shape index (κ2) is 14.1. The van der Waals surface area contributed by atoms with Gasteiger partial charge in [0.2, 0.25) is 0 Å². The van der Waals surface area contributed by atoms with Gasteiger partial charge in [-0.3, -0.25) is 9.69 Å². The maximum atomic E-state index is 13.3. The smallest absolute Gasteiger partial charge is 0.322 e. The molecule has 0 atom stereocenters. The van der Waals surface area contributed by atoms with Gasteiger partial charge < -0.3 is 10.1 Å². The van der Waals surface area contributed by atoms with E-state index in [2.05, 4.69) is 18.3 Å². The quantitative estimate of drug-likeness (QED) is 0.204. The van der Waals surface area contributed by atoms with E-state index < -0.39 is 0 Å². The molecule has 0 unspecified atom stereocenters. The fraction of sp³-hybridized carbons (Fsp3) is 0.500. The maximum absolute atomic E-state index is 13.3. The highest BCUT2D eigenvalue weighted by Gasteiger charge is 2.21. The maximum Gasteiger partial charge on any atom is 0.322 e. The molecule has 0 heterocycles. The molecule has 1 saturated carbocycles. The molecule has 2 amide bonds.